The number of sulfonamides is 1. The van der Waals surface area contributed by atoms with E-state index in [4.69, 9.17) is 0 Å². The Kier molecular flexibility index (Phi) is 3.93. The Morgan fingerprint density at radius 2 is 1.96 bits per heavy atom. The maximum Gasteiger partial charge on any atom is 0.264 e. The molecule has 0 aliphatic carbocycles. The van der Waals surface area contributed by atoms with E-state index >= 15 is 0 Å². The highest BCUT2D eigenvalue weighted by Gasteiger charge is 2.36. The van der Waals surface area contributed by atoms with Crippen molar-refractivity contribution in [2.75, 3.05) is 4.31 Å². The van der Waals surface area contributed by atoms with Crippen LogP contribution >= 0.6 is 15.9 Å². The Morgan fingerprint density at radius 1 is 1.26 bits per heavy atom. The highest BCUT2D eigenvalue weighted by atomic mass is 79.9. The average molecular weight is 395 g/mol. The number of fused-ring (bicyclic) bond motifs is 1. The molecule has 0 spiro atoms. The lowest BCUT2D eigenvalue weighted by molar-refractivity contribution is -0.255. The molecule has 0 fully saturated rings. The topological polar surface area (TPSA) is 77.5 Å². The van der Waals surface area contributed by atoms with Crippen LogP contribution in [0, 0.1) is 0 Å². The van der Waals surface area contributed by atoms with Crippen molar-refractivity contribution in [1.29, 1.82) is 0 Å². The molecule has 0 saturated carbocycles. The number of carboxylic acid groups (broad SMARTS) is 1. The van der Waals surface area contributed by atoms with Crippen LogP contribution in [0.5, 0.6) is 0 Å². The zero-order valence-electron chi connectivity index (χ0n) is 12.2. The van der Waals surface area contributed by atoms with Crippen LogP contribution in [-0.4, -0.2) is 20.4 Å². The van der Waals surface area contributed by atoms with Gasteiger partial charge in [0.1, 0.15) is 0 Å². The summed E-state index contributed by atoms with van der Waals surface area (Å²) in [7, 11) is -3.85. The normalized spacial score (nSPS) is 17.1. The predicted octanol–water partition coefficient (Wildman–Crippen LogP) is 1.95. The number of carboxylic acids is 1. The Morgan fingerprint density at radius 3 is 2.65 bits per heavy atom. The van der Waals surface area contributed by atoms with Gasteiger partial charge in [-0.1, -0.05) is 34.1 Å². The lowest BCUT2D eigenvalue weighted by Gasteiger charge is -2.25. The second kappa shape index (κ2) is 5.65. The van der Waals surface area contributed by atoms with E-state index in [0.29, 0.717) is 12.1 Å². The first-order valence-corrected chi connectivity index (χ1v) is 9.19. The second-order valence-electron chi connectivity index (χ2n) is 5.41. The van der Waals surface area contributed by atoms with Gasteiger partial charge in [0, 0.05) is 16.1 Å². The number of aromatic carboxylic acids is 1. The van der Waals surface area contributed by atoms with Gasteiger partial charge >= 0.3 is 0 Å². The van der Waals surface area contributed by atoms with E-state index in [0.717, 1.165) is 11.6 Å². The largest absolute Gasteiger partial charge is 0.545 e. The molecular formula is C16H13BrNO4S-. The summed E-state index contributed by atoms with van der Waals surface area (Å²) in [5.74, 6) is -1.43. The molecule has 0 radical (unpaired) electrons. The van der Waals surface area contributed by atoms with E-state index in [9.17, 15) is 18.3 Å². The van der Waals surface area contributed by atoms with Crippen molar-refractivity contribution in [3.05, 3.63) is 58.1 Å². The van der Waals surface area contributed by atoms with Gasteiger partial charge in [-0.25, -0.2) is 8.42 Å². The first-order chi connectivity index (χ1) is 10.8. The number of benzene rings is 2. The maximum atomic E-state index is 13.0. The molecule has 2 aromatic rings. The molecule has 1 heterocycles. The van der Waals surface area contributed by atoms with Crippen molar-refractivity contribution < 1.29 is 18.3 Å². The molecular weight excluding hydrogens is 382 g/mol. The third-order valence-electron chi connectivity index (χ3n) is 3.86. The summed E-state index contributed by atoms with van der Waals surface area (Å²) in [6.07, 6.45) is 0.624. The number of halogens is 1. The molecule has 2 aromatic carbocycles. The zero-order chi connectivity index (χ0) is 16.8. The molecule has 1 atom stereocenters. The average Bonchev–Trinajstić information content (AvgIpc) is 2.83. The first-order valence-electron chi connectivity index (χ1n) is 6.95. The second-order valence-corrected chi connectivity index (χ2v) is 8.08. The zero-order valence-corrected chi connectivity index (χ0v) is 14.6. The third-order valence-corrected chi connectivity index (χ3v) is 6.47. The molecule has 3 rings (SSSR count). The molecule has 0 bridgehead atoms. The summed E-state index contributed by atoms with van der Waals surface area (Å²) < 4.78 is 27.6. The monoisotopic (exact) mass is 394 g/mol. The number of para-hydroxylation sites is 1. The minimum Gasteiger partial charge on any atom is -0.545 e. The van der Waals surface area contributed by atoms with Crippen LogP contribution in [0.2, 0.25) is 0 Å². The third kappa shape index (κ3) is 2.64. The van der Waals surface area contributed by atoms with Crippen molar-refractivity contribution in [3.8, 4) is 0 Å². The number of nitrogens with zero attached hydrogens (tertiary/aromatic N) is 1. The summed E-state index contributed by atoms with van der Waals surface area (Å²) >= 11 is 3.09. The molecule has 0 saturated heterocycles. The van der Waals surface area contributed by atoms with Crippen molar-refractivity contribution in [3.63, 3.8) is 0 Å². The highest BCUT2D eigenvalue weighted by Crippen LogP contribution is 2.37. The van der Waals surface area contributed by atoms with Crippen LogP contribution in [0.4, 0.5) is 5.69 Å². The molecule has 7 heteroatoms. The standard InChI is InChI=1S/C16H14BrNO4S/c1-10-8-11-4-2-3-5-15(11)18(10)23(21,22)12-6-7-14(17)13(9-12)16(19)20/h2-7,9-10H,8H2,1H3,(H,19,20)/p-1/t10-/m0/s1. The number of rotatable bonds is 3. The van der Waals surface area contributed by atoms with Gasteiger partial charge in [0.25, 0.3) is 10.0 Å². The minimum absolute atomic E-state index is 0.0662. The van der Waals surface area contributed by atoms with Crippen molar-refractivity contribution in [2.24, 2.45) is 0 Å². The van der Waals surface area contributed by atoms with Crippen LogP contribution in [0.15, 0.2) is 51.8 Å². The smallest absolute Gasteiger partial charge is 0.264 e. The van der Waals surface area contributed by atoms with Crippen LogP contribution in [0.3, 0.4) is 0 Å². The Bertz CT molecular complexity index is 895. The number of carbonyl (C=O) groups excluding carboxylic acids is 1. The number of carbonyl (C=O) groups is 1. The molecule has 23 heavy (non-hydrogen) atoms. The van der Waals surface area contributed by atoms with E-state index < -0.39 is 16.0 Å². The van der Waals surface area contributed by atoms with Gasteiger partial charge in [0.15, 0.2) is 0 Å². The van der Waals surface area contributed by atoms with Gasteiger partial charge < -0.3 is 9.90 Å². The van der Waals surface area contributed by atoms with E-state index in [1.807, 2.05) is 19.1 Å². The van der Waals surface area contributed by atoms with Gasteiger partial charge in [0.05, 0.1) is 16.6 Å². The predicted molar refractivity (Wildman–Crippen MR) is 87.7 cm³/mol. The SMILES string of the molecule is C[C@H]1Cc2ccccc2N1S(=O)(=O)c1ccc(Br)c(C(=O)[O-])c1. The fourth-order valence-electron chi connectivity index (χ4n) is 2.84. The molecule has 0 aromatic heterocycles. The van der Waals surface area contributed by atoms with Gasteiger partial charge in [-0.05, 0) is 43.2 Å². The van der Waals surface area contributed by atoms with Crippen LogP contribution in [0.25, 0.3) is 0 Å². The summed E-state index contributed by atoms with van der Waals surface area (Å²) in [5, 5.41) is 11.1. The lowest BCUT2D eigenvalue weighted by atomic mass is 10.1. The lowest BCUT2D eigenvalue weighted by Crippen LogP contribution is -2.36. The van der Waals surface area contributed by atoms with Gasteiger partial charge in [-0.3, -0.25) is 4.31 Å². The fraction of sp³-hybridized carbons (Fsp3) is 0.188. The summed E-state index contributed by atoms with van der Waals surface area (Å²) in [6.45, 7) is 1.83. The number of anilines is 1. The Hall–Kier alpha value is -1.86. The molecule has 120 valence electrons. The van der Waals surface area contributed by atoms with Crippen LogP contribution in [0.1, 0.15) is 22.8 Å². The molecule has 1 aliphatic rings. The summed E-state index contributed by atoms with van der Waals surface area (Å²) in [5.41, 5.74) is 1.41. The summed E-state index contributed by atoms with van der Waals surface area (Å²) in [6, 6.07) is 11.0. The van der Waals surface area contributed by atoms with Gasteiger partial charge in [-0.2, -0.15) is 0 Å². The van der Waals surface area contributed by atoms with Crippen molar-refractivity contribution in [1.82, 2.24) is 0 Å². The van der Waals surface area contributed by atoms with Crippen LogP contribution < -0.4 is 9.41 Å². The maximum absolute atomic E-state index is 13.0. The Labute approximate surface area is 142 Å². The minimum atomic E-state index is -3.85. The van der Waals surface area contributed by atoms with E-state index in [-0.39, 0.29) is 21.0 Å². The van der Waals surface area contributed by atoms with Gasteiger partial charge in [0.2, 0.25) is 0 Å². The molecule has 1 aliphatic heterocycles. The number of hydrogen-bond acceptors (Lipinski definition) is 4. The first kappa shape index (κ1) is 16.0. The number of hydrogen-bond donors (Lipinski definition) is 0. The van der Waals surface area contributed by atoms with E-state index in [2.05, 4.69) is 15.9 Å². The van der Waals surface area contributed by atoms with E-state index in [1.165, 1.54) is 16.4 Å². The summed E-state index contributed by atoms with van der Waals surface area (Å²) in [4.78, 5) is 11.1. The quantitative estimate of drug-likeness (QED) is 0.796. The highest BCUT2D eigenvalue weighted by molar-refractivity contribution is 9.10. The van der Waals surface area contributed by atoms with Gasteiger partial charge in [-0.15, -0.1) is 0 Å². The molecule has 0 unspecified atom stereocenters. The molecule has 5 nitrogen and oxygen atoms in total. The van der Waals surface area contributed by atoms with E-state index in [1.54, 1.807) is 12.1 Å². The Balaban J connectivity index is 2.13. The fourth-order valence-corrected chi connectivity index (χ4v) is 4.97. The molecule has 0 N–H and O–H groups in total. The molecule has 0 amide bonds. The van der Waals surface area contributed by atoms with Crippen molar-refractivity contribution >= 4 is 37.6 Å². The van der Waals surface area contributed by atoms with Crippen LogP contribution in [-0.2, 0) is 16.4 Å². The van der Waals surface area contributed by atoms with Crippen molar-refractivity contribution in [2.45, 2.75) is 24.3 Å².